The predicted molar refractivity (Wildman–Crippen MR) is 94.2 cm³/mol. The molecule has 1 amide bonds. The Balaban J connectivity index is 1.75. The van der Waals surface area contributed by atoms with Gasteiger partial charge in [0.1, 0.15) is 0 Å². The molecule has 1 aliphatic carbocycles. The van der Waals surface area contributed by atoms with E-state index >= 15 is 0 Å². The summed E-state index contributed by atoms with van der Waals surface area (Å²) in [4.78, 5) is 14.7. The van der Waals surface area contributed by atoms with Gasteiger partial charge in [0, 0.05) is 23.8 Å². The highest BCUT2D eigenvalue weighted by molar-refractivity contribution is 7.92. The maximum Gasteiger partial charge on any atom is 0.254 e. The zero-order valence-electron chi connectivity index (χ0n) is 13.5. The Morgan fingerprint density at radius 2 is 1.71 bits per heavy atom. The largest absolute Gasteiger partial charge is 0.331 e. The lowest BCUT2D eigenvalue weighted by Crippen LogP contribution is -2.32. The molecule has 126 valence electrons. The zero-order valence-corrected chi connectivity index (χ0v) is 14.3. The Bertz CT molecular complexity index is 813. The van der Waals surface area contributed by atoms with E-state index in [0.717, 1.165) is 24.7 Å². The summed E-state index contributed by atoms with van der Waals surface area (Å²) in [5, 5.41) is 0. The molecule has 1 saturated carbocycles. The lowest BCUT2D eigenvalue weighted by atomic mass is 10.1. The van der Waals surface area contributed by atoms with Crippen molar-refractivity contribution in [1.29, 1.82) is 0 Å². The first-order chi connectivity index (χ1) is 11.4. The Morgan fingerprint density at radius 3 is 2.25 bits per heavy atom. The molecule has 1 N–H and O–H groups in total. The fraction of sp³-hybridized carbons (Fsp3) is 0.278. The fourth-order valence-electron chi connectivity index (χ4n) is 2.59. The second-order valence-electron chi connectivity index (χ2n) is 6.10. The van der Waals surface area contributed by atoms with E-state index in [9.17, 15) is 13.2 Å². The third-order valence-corrected chi connectivity index (χ3v) is 4.49. The monoisotopic (exact) mass is 344 g/mol. The summed E-state index contributed by atoms with van der Waals surface area (Å²) in [6.07, 6.45) is 3.17. The van der Waals surface area contributed by atoms with Crippen LogP contribution in [0.5, 0.6) is 0 Å². The first-order valence-electron chi connectivity index (χ1n) is 7.85. The van der Waals surface area contributed by atoms with Crippen LogP contribution in [-0.4, -0.2) is 31.5 Å². The third-order valence-electron chi connectivity index (χ3n) is 3.88. The van der Waals surface area contributed by atoms with Crippen LogP contribution in [-0.2, 0) is 16.6 Å². The first-order valence-corrected chi connectivity index (χ1v) is 9.74. The van der Waals surface area contributed by atoms with Crippen molar-refractivity contribution in [3.8, 4) is 0 Å². The molecule has 1 fully saturated rings. The smallest absolute Gasteiger partial charge is 0.254 e. The molecule has 0 unspecified atom stereocenters. The summed E-state index contributed by atoms with van der Waals surface area (Å²) >= 11 is 0. The van der Waals surface area contributed by atoms with Crippen LogP contribution in [0.3, 0.4) is 0 Å². The van der Waals surface area contributed by atoms with E-state index in [-0.39, 0.29) is 5.91 Å². The van der Waals surface area contributed by atoms with Gasteiger partial charge >= 0.3 is 0 Å². The van der Waals surface area contributed by atoms with Crippen molar-refractivity contribution in [3.63, 3.8) is 0 Å². The predicted octanol–water partition coefficient (Wildman–Crippen LogP) is 2.86. The molecule has 0 spiro atoms. The Labute approximate surface area is 142 Å². The third kappa shape index (κ3) is 4.35. The van der Waals surface area contributed by atoms with Gasteiger partial charge in [0.05, 0.1) is 6.26 Å². The number of nitrogens with one attached hydrogen (secondary N) is 1. The molecule has 0 heterocycles. The lowest BCUT2D eigenvalue weighted by Gasteiger charge is -2.23. The molecule has 0 aromatic heterocycles. The number of benzene rings is 2. The van der Waals surface area contributed by atoms with E-state index < -0.39 is 10.0 Å². The molecule has 2 aromatic carbocycles. The molecule has 0 bridgehead atoms. The molecule has 0 aliphatic heterocycles. The molecule has 6 heteroatoms. The summed E-state index contributed by atoms with van der Waals surface area (Å²) in [5.74, 6) is -0.0211. The summed E-state index contributed by atoms with van der Waals surface area (Å²) in [6.45, 7) is 0.591. The SMILES string of the molecule is CS(=O)(=O)Nc1ccc(C(=O)N(Cc2ccccc2)C2CC2)cc1. The number of amides is 1. The fourth-order valence-corrected chi connectivity index (χ4v) is 3.16. The Morgan fingerprint density at radius 1 is 1.08 bits per heavy atom. The summed E-state index contributed by atoms with van der Waals surface area (Å²) < 4.78 is 24.9. The number of sulfonamides is 1. The highest BCUT2D eigenvalue weighted by atomic mass is 32.2. The molecule has 3 rings (SSSR count). The number of hydrogen-bond donors (Lipinski definition) is 1. The standard InChI is InChI=1S/C18H20N2O3S/c1-24(22,23)19-16-9-7-15(8-10-16)18(21)20(17-11-12-17)13-14-5-3-2-4-6-14/h2-10,17,19H,11-13H2,1H3. The van der Waals surface area contributed by atoms with Crippen LogP contribution >= 0.6 is 0 Å². The maximum absolute atomic E-state index is 12.8. The number of carbonyl (C=O) groups is 1. The summed E-state index contributed by atoms with van der Waals surface area (Å²) in [5.41, 5.74) is 2.13. The van der Waals surface area contributed by atoms with Gasteiger partial charge in [0.25, 0.3) is 5.91 Å². The van der Waals surface area contributed by atoms with Gasteiger partial charge in [0.2, 0.25) is 10.0 Å². The van der Waals surface area contributed by atoms with Gasteiger partial charge in [-0.1, -0.05) is 30.3 Å². The minimum absolute atomic E-state index is 0.0211. The van der Waals surface area contributed by atoms with Crippen LogP contribution in [0.25, 0.3) is 0 Å². The summed E-state index contributed by atoms with van der Waals surface area (Å²) in [6, 6.07) is 16.8. The number of carbonyl (C=O) groups excluding carboxylic acids is 1. The molecule has 24 heavy (non-hydrogen) atoms. The molecule has 0 atom stereocenters. The highest BCUT2D eigenvalue weighted by Gasteiger charge is 2.33. The van der Waals surface area contributed by atoms with Crippen LogP contribution < -0.4 is 4.72 Å². The van der Waals surface area contributed by atoms with Crippen LogP contribution in [0.4, 0.5) is 5.69 Å². The van der Waals surface area contributed by atoms with Gasteiger partial charge in [-0.15, -0.1) is 0 Å². The quantitative estimate of drug-likeness (QED) is 0.876. The zero-order chi connectivity index (χ0) is 17.2. The number of anilines is 1. The maximum atomic E-state index is 12.8. The molecule has 1 aliphatic rings. The molecule has 0 radical (unpaired) electrons. The van der Waals surface area contributed by atoms with Gasteiger partial charge in [-0.25, -0.2) is 8.42 Å². The Kier molecular flexibility index (Phi) is 4.57. The molecule has 5 nitrogen and oxygen atoms in total. The van der Waals surface area contributed by atoms with Crippen molar-refractivity contribution < 1.29 is 13.2 Å². The van der Waals surface area contributed by atoms with Crippen molar-refractivity contribution >= 4 is 21.6 Å². The summed E-state index contributed by atoms with van der Waals surface area (Å²) in [7, 11) is -3.32. The van der Waals surface area contributed by atoms with Crippen LogP contribution in [0.15, 0.2) is 54.6 Å². The lowest BCUT2D eigenvalue weighted by molar-refractivity contribution is 0.0730. The van der Waals surface area contributed by atoms with Gasteiger partial charge in [0.15, 0.2) is 0 Å². The number of nitrogens with zero attached hydrogens (tertiary/aromatic N) is 1. The van der Waals surface area contributed by atoms with Crippen molar-refractivity contribution in [2.24, 2.45) is 0 Å². The van der Waals surface area contributed by atoms with Crippen molar-refractivity contribution in [3.05, 3.63) is 65.7 Å². The van der Waals surface area contributed by atoms with Crippen LogP contribution in [0.2, 0.25) is 0 Å². The van der Waals surface area contributed by atoms with E-state index in [1.807, 2.05) is 35.2 Å². The molecular weight excluding hydrogens is 324 g/mol. The van der Waals surface area contributed by atoms with Crippen molar-refractivity contribution in [1.82, 2.24) is 4.90 Å². The molecular formula is C18H20N2O3S. The van der Waals surface area contributed by atoms with Gasteiger partial charge in [-0.2, -0.15) is 0 Å². The van der Waals surface area contributed by atoms with Crippen molar-refractivity contribution in [2.75, 3.05) is 11.0 Å². The second kappa shape index (κ2) is 6.65. The van der Waals surface area contributed by atoms with Crippen LogP contribution in [0.1, 0.15) is 28.8 Å². The number of hydrogen-bond acceptors (Lipinski definition) is 3. The van der Waals surface area contributed by atoms with Crippen LogP contribution in [0, 0.1) is 0 Å². The normalized spacial score (nSPS) is 14.2. The Hall–Kier alpha value is -2.34. The average Bonchev–Trinajstić information content (AvgIpc) is 3.37. The molecule has 2 aromatic rings. The van der Waals surface area contributed by atoms with E-state index in [1.54, 1.807) is 24.3 Å². The first kappa shape index (κ1) is 16.5. The molecule has 0 saturated heterocycles. The minimum Gasteiger partial charge on any atom is -0.331 e. The second-order valence-corrected chi connectivity index (χ2v) is 7.85. The van der Waals surface area contributed by atoms with Gasteiger partial charge in [-0.05, 0) is 42.7 Å². The average molecular weight is 344 g/mol. The number of rotatable bonds is 6. The van der Waals surface area contributed by atoms with E-state index in [2.05, 4.69) is 4.72 Å². The van der Waals surface area contributed by atoms with E-state index in [1.165, 1.54) is 0 Å². The highest BCUT2D eigenvalue weighted by Crippen LogP contribution is 2.30. The van der Waals surface area contributed by atoms with Crippen molar-refractivity contribution in [2.45, 2.75) is 25.4 Å². The van der Waals surface area contributed by atoms with Gasteiger partial charge in [-0.3, -0.25) is 9.52 Å². The minimum atomic E-state index is -3.32. The van der Waals surface area contributed by atoms with E-state index in [4.69, 9.17) is 0 Å². The van der Waals surface area contributed by atoms with Gasteiger partial charge < -0.3 is 4.90 Å². The topological polar surface area (TPSA) is 66.5 Å². The van der Waals surface area contributed by atoms with E-state index in [0.29, 0.717) is 23.8 Å².